The van der Waals surface area contributed by atoms with Gasteiger partial charge in [0.05, 0.1) is 5.69 Å². The Morgan fingerprint density at radius 3 is 2.78 bits per heavy atom. The highest BCUT2D eigenvalue weighted by molar-refractivity contribution is 5.57. The van der Waals surface area contributed by atoms with Gasteiger partial charge in [-0.2, -0.15) is 0 Å². The Bertz CT molecular complexity index is 567. The van der Waals surface area contributed by atoms with Gasteiger partial charge in [-0.25, -0.2) is 4.98 Å². The van der Waals surface area contributed by atoms with Gasteiger partial charge >= 0.3 is 0 Å². The Morgan fingerprint density at radius 1 is 1.17 bits per heavy atom. The van der Waals surface area contributed by atoms with Gasteiger partial charge in [0, 0.05) is 36.8 Å². The number of fused-ring (bicyclic) bond motifs is 1. The second kappa shape index (κ2) is 3.95. The van der Waals surface area contributed by atoms with Crippen LogP contribution in [0.4, 0.5) is 0 Å². The predicted molar refractivity (Wildman–Crippen MR) is 71.3 cm³/mol. The van der Waals surface area contributed by atoms with Crippen molar-refractivity contribution in [3.63, 3.8) is 0 Å². The van der Waals surface area contributed by atoms with Crippen LogP contribution in [0.3, 0.4) is 0 Å². The molecule has 1 N–H and O–H groups in total. The molecular formula is C15H17N3. The second-order valence-corrected chi connectivity index (χ2v) is 5.22. The number of hydrogen-bond donors (Lipinski definition) is 1. The summed E-state index contributed by atoms with van der Waals surface area (Å²) in [6.45, 7) is 2.01. The van der Waals surface area contributed by atoms with Gasteiger partial charge in [0.25, 0.3) is 0 Å². The van der Waals surface area contributed by atoms with E-state index in [0.717, 1.165) is 19.5 Å². The molecule has 1 aromatic carbocycles. The van der Waals surface area contributed by atoms with Gasteiger partial charge in [0.2, 0.25) is 0 Å². The maximum atomic E-state index is 4.88. The zero-order valence-corrected chi connectivity index (χ0v) is 10.4. The van der Waals surface area contributed by atoms with Crippen LogP contribution in [0.15, 0.2) is 30.3 Å². The monoisotopic (exact) mass is 239 g/mol. The summed E-state index contributed by atoms with van der Waals surface area (Å²) in [6.07, 6.45) is 3.75. The molecule has 0 amide bonds. The first-order valence-electron chi connectivity index (χ1n) is 6.79. The zero-order valence-electron chi connectivity index (χ0n) is 10.4. The standard InChI is InChI=1S/C15H17N3/c1-2-4-11(5-3-1)15-17-13-10-16-9-8-14(13)18(15)12-6-7-12/h1-5,12,16H,6-10H2. The fraction of sp³-hybridized carbons (Fsp3) is 0.400. The highest BCUT2D eigenvalue weighted by Crippen LogP contribution is 2.40. The number of benzene rings is 1. The molecule has 92 valence electrons. The maximum Gasteiger partial charge on any atom is 0.140 e. The molecule has 1 fully saturated rings. The molecule has 0 radical (unpaired) electrons. The summed E-state index contributed by atoms with van der Waals surface area (Å²) in [5, 5.41) is 3.42. The SMILES string of the molecule is c1ccc(-c2nc3c(n2C2CC2)CCNC3)cc1. The Morgan fingerprint density at radius 2 is 2.00 bits per heavy atom. The van der Waals surface area contributed by atoms with E-state index in [0.29, 0.717) is 6.04 Å². The molecule has 0 atom stereocenters. The molecule has 1 aromatic heterocycles. The van der Waals surface area contributed by atoms with Crippen molar-refractivity contribution < 1.29 is 0 Å². The lowest BCUT2D eigenvalue weighted by Gasteiger charge is -2.15. The topological polar surface area (TPSA) is 29.9 Å². The number of rotatable bonds is 2. The van der Waals surface area contributed by atoms with Gasteiger partial charge in [-0.05, 0) is 12.8 Å². The van der Waals surface area contributed by atoms with Gasteiger partial charge in [0.15, 0.2) is 0 Å². The number of nitrogens with zero attached hydrogens (tertiary/aromatic N) is 2. The van der Waals surface area contributed by atoms with Crippen LogP contribution in [0, 0.1) is 0 Å². The number of imidazole rings is 1. The molecule has 3 heteroatoms. The number of nitrogens with one attached hydrogen (secondary N) is 1. The molecule has 3 nitrogen and oxygen atoms in total. The quantitative estimate of drug-likeness (QED) is 0.872. The van der Waals surface area contributed by atoms with Crippen molar-refractivity contribution in [2.45, 2.75) is 31.8 Å². The van der Waals surface area contributed by atoms with Crippen molar-refractivity contribution in [2.24, 2.45) is 0 Å². The maximum absolute atomic E-state index is 4.88. The van der Waals surface area contributed by atoms with E-state index < -0.39 is 0 Å². The van der Waals surface area contributed by atoms with Gasteiger partial charge < -0.3 is 9.88 Å². The van der Waals surface area contributed by atoms with Crippen molar-refractivity contribution in [3.8, 4) is 11.4 Å². The third kappa shape index (κ3) is 1.58. The largest absolute Gasteiger partial charge is 0.325 e. The molecule has 0 saturated heterocycles. The molecule has 1 aliphatic heterocycles. The fourth-order valence-electron chi connectivity index (χ4n) is 2.85. The van der Waals surface area contributed by atoms with Crippen LogP contribution < -0.4 is 5.32 Å². The lowest BCUT2D eigenvalue weighted by molar-refractivity contribution is 0.594. The third-order valence-electron chi connectivity index (χ3n) is 3.87. The predicted octanol–water partition coefficient (Wildman–Crippen LogP) is 2.53. The molecule has 4 rings (SSSR count). The Hall–Kier alpha value is -1.61. The van der Waals surface area contributed by atoms with Gasteiger partial charge in [-0.15, -0.1) is 0 Å². The smallest absolute Gasteiger partial charge is 0.140 e. The third-order valence-corrected chi connectivity index (χ3v) is 3.87. The summed E-state index contributed by atoms with van der Waals surface area (Å²) in [7, 11) is 0. The molecule has 0 spiro atoms. The average molecular weight is 239 g/mol. The molecule has 18 heavy (non-hydrogen) atoms. The molecule has 1 aliphatic carbocycles. The molecule has 0 bridgehead atoms. The van der Waals surface area contributed by atoms with Gasteiger partial charge in [0.1, 0.15) is 5.82 Å². The molecule has 0 unspecified atom stereocenters. The van der Waals surface area contributed by atoms with Crippen LogP contribution in [0.1, 0.15) is 30.3 Å². The van der Waals surface area contributed by atoms with Crippen LogP contribution in [0.25, 0.3) is 11.4 Å². The van der Waals surface area contributed by atoms with Crippen molar-refractivity contribution in [1.82, 2.24) is 14.9 Å². The van der Waals surface area contributed by atoms with E-state index in [4.69, 9.17) is 4.98 Å². The second-order valence-electron chi connectivity index (χ2n) is 5.22. The Balaban J connectivity index is 1.89. The molecular weight excluding hydrogens is 222 g/mol. The van der Waals surface area contributed by atoms with Crippen LogP contribution in [0.5, 0.6) is 0 Å². The lowest BCUT2D eigenvalue weighted by Crippen LogP contribution is -2.24. The van der Waals surface area contributed by atoms with E-state index in [9.17, 15) is 0 Å². The van der Waals surface area contributed by atoms with Crippen molar-refractivity contribution in [3.05, 3.63) is 41.7 Å². The lowest BCUT2D eigenvalue weighted by atomic mass is 10.2. The summed E-state index contributed by atoms with van der Waals surface area (Å²) in [5.74, 6) is 1.17. The van der Waals surface area contributed by atoms with E-state index in [2.05, 4.69) is 40.2 Å². The van der Waals surface area contributed by atoms with E-state index in [1.54, 1.807) is 0 Å². The minimum absolute atomic E-state index is 0.703. The Labute approximate surface area is 107 Å². The average Bonchev–Trinajstić information content (AvgIpc) is 3.19. The summed E-state index contributed by atoms with van der Waals surface area (Å²) in [4.78, 5) is 4.88. The van der Waals surface area contributed by atoms with Gasteiger partial charge in [-0.1, -0.05) is 30.3 Å². The normalized spacial score (nSPS) is 18.7. The molecule has 2 aromatic rings. The first kappa shape index (κ1) is 10.3. The highest BCUT2D eigenvalue weighted by atomic mass is 15.2. The minimum atomic E-state index is 0.703. The summed E-state index contributed by atoms with van der Waals surface area (Å²) in [5.41, 5.74) is 3.97. The Kier molecular flexibility index (Phi) is 2.27. The van der Waals surface area contributed by atoms with Crippen LogP contribution >= 0.6 is 0 Å². The highest BCUT2D eigenvalue weighted by Gasteiger charge is 2.31. The fourth-order valence-corrected chi connectivity index (χ4v) is 2.85. The van der Waals surface area contributed by atoms with Crippen molar-refractivity contribution in [2.75, 3.05) is 6.54 Å². The molecule has 2 aliphatic rings. The van der Waals surface area contributed by atoms with Crippen molar-refractivity contribution in [1.29, 1.82) is 0 Å². The first-order valence-corrected chi connectivity index (χ1v) is 6.79. The van der Waals surface area contributed by atoms with E-state index >= 15 is 0 Å². The van der Waals surface area contributed by atoms with Crippen LogP contribution in [0.2, 0.25) is 0 Å². The van der Waals surface area contributed by atoms with Crippen LogP contribution in [-0.4, -0.2) is 16.1 Å². The number of aromatic nitrogens is 2. The number of hydrogen-bond acceptors (Lipinski definition) is 2. The van der Waals surface area contributed by atoms with Crippen LogP contribution in [-0.2, 0) is 13.0 Å². The van der Waals surface area contributed by atoms with Crippen molar-refractivity contribution >= 4 is 0 Å². The first-order chi connectivity index (χ1) is 8.93. The summed E-state index contributed by atoms with van der Waals surface area (Å²) in [6, 6.07) is 11.3. The summed E-state index contributed by atoms with van der Waals surface area (Å²) >= 11 is 0. The minimum Gasteiger partial charge on any atom is -0.325 e. The van der Waals surface area contributed by atoms with Gasteiger partial charge in [-0.3, -0.25) is 0 Å². The molecule has 2 heterocycles. The summed E-state index contributed by atoms with van der Waals surface area (Å²) < 4.78 is 2.51. The van der Waals surface area contributed by atoms with E-state index in [1.807, 2.05) is 0 Å². The molecule has 1 saturated carbocycles. The van der Waals surface area contributed by atoms with E-state index in [-0.39, 0.29) is 0 Å². The zero-order chi connectivity index (χ0) is 11.9. The van der Waals surface area contributed by atoms with E-state index in [1.165, 1.54) is 35.6 Å².